The van der Waals surface area contributed by atoms with Crippen LogP contribution in [0.25, 0.3) is 21.7 Å². The fraction of sp³-hybridized carbons (Fsp3) is 0. The molecule has 1 heterocycles. The van der Waals surface area contributed by atoms with Crippen molar-refractivity contribution in [3.05, 3.63) is 83.5 Å². The molecule has 5 heteroatoms. The number of hydrazine groups is 1. The Kier molecular flexibility index (Phi) is 3.96. The molecule has 0 fully saturated rings. The van der Waals surface area contributed by atoms with Crippen LogP contribution in [0, 0.1) is 0 Å². The van der Waals surface area contributed by atoms with Gasteiger partial charge in [-0.3, -0.25) is 20.6 Å². The van der Waals surface area contributed by atoms with Crippen LogP contribution >= 0.6 is 11.6 Å². The lowest BCUT2D eigenvalue weighted by Gasteiger charge is -2.12. The molecule has 0 aliphatic rings. The van der Waals surface area contributed by atoms with Crippen LogP contribution in [0.15, 0.2) is 72.9 Å². The summed E-state index contributed by atoms with van der Waals surface area (Å²) in [6, 6.07) is 20.8. The molecule has 3 aromatic carbocycles. The van der Waals surface area contributed by atoms with Gasteiger partial charge in [0.15, 0.2) is 0 Å². The first kappa shape index (κ1) is 15.4. The number of rotatable bonds is 3. The Bertz CT molecular complexity index is 1090. The number of amides is 1. The molecule has 4 aromatic rings. The van der Waals surface area contributed by atoms with Crippen LogP contribution in [-0.2, 0) is 0 Å². The second-order valence-electron chi connectivity index (χ2n) is 5.63. The molecule has 4 rings (SSSR count). The van der Waals surface area contributed by atoms with Gasteiger partial charge in [0.1, 0.15) is 0 Å². The molecule has 1 aromatic heterocycles. The number of fused-ring (bicyclic) bond motifs is 3. The van der Waals surface area contributed by atoms with Gasteiger partial charge in [-0.2, -0.15) is 0 Å². The number of carbonyl (C=O) groups is 1. The molecule has 0 unspecified atom stereocenters. The minimum absolute atomic E-state index is 0.255. The van der Waals surface area contributed by atoms with E-state index < -0.39 is 0 Å². The normalized spacial score (nSPS) is 10.8. The molecule has 0 saturated heterocycles. The Morgan fingerprint density at radius 1 is 0.920 bits per heavy atom. The lowest BCUT2D eigenvalue weighted by Crippen LogP contribution is -2.29. The molecule has 4 nitrogen and oxygen atoms in total. The Morgan fingerprint density at radius 2 is 1.76 bits per heavy atom. The number of pyridine rings is 1. The van der Waals surface area contributed by atoms with E-state index in [0.29, 0.717) is 21.8 Å². The van der Waals surface area contributed by atoms with Gasteiger partial charge in [-0.15, -0.1) is 0 Å². The van der Waals surface area contributed by atoms with Crippen LogP contribution in [0.4, 0.5) is 5.69 Å². The van der Waals surface area contributed by atoms with E-state index >= 15 is 0 Å². The van der Waals surface area contributed by atoms with Crippen LogP contribution in [0.5, 0.6) is 0 Å². The molecule has 0 bridgehead atoms. The molecule has 0 atom stereocenters. The molecule has 0 aliphatic heterocycles. The number of nitrogens with one attached hydrogen (secondary N) is 2. The van der Waals surface area contributed by atoms with Crippen molar-refractivity contribution in [2.24, 2.45) is 0 Å². The third-order valence-electron chi connectivity index (χ3n) is 4.00. The van der Waals surface area contributed by atoms with Gasteiger partial charge in [-0.25, -0.2) is 0 Å². The second kappa shape index (κ2) is 6.42. The molecule has 0 spiro atoms. The van der Waals surface area contributed by atoms with Gasteiger partial charge in [0.05, 0.1) is 16.8 Å². The SMILES string of the molecule is O=C(NNc1cccc(Cl)c1)c1cc2ccccc2c2cccnc12. The van der Waals surface area contributed by atoms with Crippen molar-refractivity contribution in [3.63, 3.8) is 0 Å². The highest BCUT2D eigenvalue weighted by Crippen LogP contribution is 2.27. The van der Waals surface area contributed by atoms with E-state index in [1.54, 1.807) is 18.3 Å². The molecule has 1 amide bonds. The average molecular weight is 348 g/mol. The van der Waals surface area contributed by atoms with Crippen molar-refractivity contribution in [1.82, 2.24) is 10.4 Å². The topological polar surface area (TPSA) is 54.0 Å². The molecule has 2 N–H and O–H groups in total. The Balaban J connectivity index is 1.73. The van der Waals surface area contributed by atoms with Crippen LogP contribution in [-0.4, -0.2) is 10.9 Å². The third-order valence-corrected chi connectivity index (χ3v) is 4.24. The van der Waals surface area contributed by atoms with Gasteiger partial charge in [-0.1, -0.05) is 48.0 Å². The summed E-state index contributed by atoms with van der Waals surface area (Å²) in [5.74, 6) is -0.255. The van der Waals surface area contributed by atoms with Crippen molar-refractivity contribution >= 4 is 44.9 Å². The van der Waals surface area contributed by atoms with E-state index in [-0.39, 0.29) is 5.91 Å². The highest BCUT2D eigenvalue weighted by molar-refractivity contribution is 6.30. The highest BCUT2D eigenvalue weighted by atomic mass is 35.5. The quantitative estimate of drug-likeness (QED) is 0.413. The minimum atomic E-state index is -0.255. The zero-order valence-corrected chi connectivity index (χ0v) is 13.9. The molecular formula is C20H14ClN3O. The second-order valence-corrected chi connectivity index (χ2v) is 6.07. The van der Waals surface area contributed by atoms with Gasteiger partial charge in [0.2, 0.25) is 0 Å². The number of benzene rings is 3. The van der Waals surface area contributed by atoms with Crippen molar-refractivity contribution in [3.8, 4) is 0 Å². The zero-order valence-electron chi connectivity index (χ0n) is 13.2. The molecule has 122 valence electrons. The maximum absolute atomic E-state index is 12.7. The number of hydrogen-bond acceptors (Lipinski definition) is 3. The first-order chi connectivity index (χ1) is 12.2. The Morgan fingerprint density at radius 3 is 2.64 bits per heavy atom. The number of carbonyl (C=O) groups excluding carboxylic acids is 1. The van der Waals surface area contributed by atoms with Crippen LogP contribution < -0.4 is 10.9 Å². The summed E-state index contributed by atoms with van der Waals surface area (Å²) in [4.78, 5) is 17.1. The maximum Gasteiger partial charge on any atom is 0.271 e. The van der Waals surface area contributed by atoms with E-state index in [4.69, 9.17) is 11.6 Å². The number of hydrogen-bond donors (Lipinski definition) is 2. The molecule has 0 aliphatic carbocycles. The lowest BCUT2D eigenvalue weighted by molar-refractivity contribution is 0.0964. The first-order valence-electron chi connectivity index (χ1n) is 7.81. The van der Waals surface area contributed by atoms with Crippen molar-refractivity contribution in [2.45, 2.75) is 0 Å². The smallest absolute Gasteiger partial charge is 0.271 e. The van der Waals surface area contributed by atoms with E-state index in [1.807, 2.05) is 54.6 Å². The summed E-state index contributed by atoms with van der Waals surface area (Å²) >= 11 is 5.96. The maximum atomic E-state index is 12.7. The summed E-state index contributed by atoms with van der Waals surface area (Å²) in [5.41, 5.74) is 7.49. The summed E-state index contributed by atoms with van der Waals surface area (Å²) in [7, 11) is 0. The molecule has 0 radical (unpaired) electrons. The summed E-state index contributed by atoms with van der Waals surface area (Å²) < 4.78 is 0. The van der Waals surface area contributed by atoms with Gasteiger partial charge in [0, 0.05) is 16.6 Å². The largest absolute Gasteiger partial charge is 0.298 e. The van der Waals surface area contributed by atoms with E-state index in [0.717, 1.165) is 16.2 Å². The first-order valence-corrected chi connectivity index (χ1v) is 8.18. The molecule has 25 heavy (non-hydrogen) atoms. The zero-order chi connectivity index (χ0) is 17.2. The van der Waals surface area contributed by atoms with Crippen LogP contribution in [0.3, 0.4) is 0 Å². The van der Waals surface area contributed by atoms with E-state index in [2.05, 4.69) is 15.8 Å². The van der Waals surface area contributed by atoms with Crippen molar-refractivity contribution in [1.29, 1.82) is 0 Å². The predicted octanol–water partition coefficient (Wildman–Crippen LogP) is 4.80. The number of nitrogens with zero attached hydrogens (tertiary/aromatic N) is 1. The number of anilines is 1. The van der Waals surface area contributed by atoms with E-state index in [1.165, 1.54) is 0 Å². The number of aromatic nitrogens is 1. The van der Waals surface area contributed by atoms with Crippen molar-refractivity contribution < 1.29 is 4.79 Å². The molecule has 0 saturated carbocycles. The molecular weight excluding hydrogens is 334 g/mol. The van der Waals surface area contributed by atoms with Crippen molar-refractivity contribution in [2.75, 3.05) is 5.43 Å². The fourth-order valence-corrected chi connectivity index (χ4v) is 3.06. The monoisotopic (exact) mass is 347 g/mol. The van der Waals surface area contributed by atoms with Crippen LogP contribution in [0.1, 0.15) is 10.4 Å². The third kappa shape index (κ3) is 2.99. The summed E-state index contributed by atoms with van der Waals surface area (Å²) in [6.07, 6.45) is 1.69. The van der Waals surface area contributed by atoms with Gasteiger partial charge >= 0.3 is 0 Å². The lowest BCUT2D eigenvalue weighted by atomic mass is 10.0. The standard InChI is InChI=1S/C20H14ClN3O/c21-14-6-3-7-15(12-14)23-24-20(25)18-11-13-5-1-2-8-16(13)17-9-4-10-22-19(17)18/h1-12,23H,(H,24,25). The predicted molar refractivity (Wildman–Crippen MR) is 102 cm³/mol. The highest BCUT2D eigenvalue weighted by Gasteiger charge is 2.13. The summed E-state index contributed by atoms with van der Waals surface area (Å²) in [5, 5.41) is 3.62. The average Bonchev–Trinajstić information content (AvgIpc) is 2.65. The summed E-state index contributed by atoms with van der Waals surface area (Å²) in [6.45, 7) is 0. The fourth-order valence-electron chi connectivity index (χ4n) is 2.86. The van der Waals surface area contributed by atoms with Gasteiger partial charge < -0.3 is 0 Å². The van der Waals surface area contributed by atoms with Gasteiger partial charge in [-0.05, 0) is 41.1 Å². The number of halogens is 1. The Labute approximate surface area is 149 Å². The van der Waals surface area contributed by atoms with Gasteiger partial charge in [0.25, 0.3) is 5.91 Å². The minimum Gasteiger partial charge on any atom is -0.298 e. The Hall–Kier alpha value is -3.11. The van der Waals surface area contributed by atoms with Crippen LogP contribution in [0.2, 0.25) is 5.02 Å². The van der Waals surface area contributed by atoms with E-state index in [9.17, 15) is 4.79 Å².